The highest BCUT2D eigenvalue weighted by Gasteiger charge is 2.19. The number of hydrogen-bond acceptors (Lipinski definition) is 6. The van der Waals surface area contributed by atoms with E-state index in [1.165, 1.54) is 0 Å². The molecule has 0 fully saturated rings. The lowest BCUT2D eigenvalue weighted by Gasteiger charge is -2.19. The van der Waals surface area contributed by atoms with Crippen LogP contribution < -0.4 is 19.5 Å². The molecule has 4 aromatic rings. The second-order valence-electron chi connectivity index (χ2n) is 6.69. The number of benzene rings is 3. The van der Waals surface area contributed by atoms with Gasteiger partial charge in [-0.3, -0.25) is 0 Å². The van der Waals surface area contributed by atoms with E-state index in [9.17, 15) is 0 Å². The molecule has 0 bridgehead atoms. The average molecular weight is 401 g/mol. The van der Waals surface area contributed by atoms with Gasteiger partial charge in [0.15, 0.2) is 11.5 Å². The molecule has 30 heavy (non-hydrogen) atoms. The van der Waals surface area contributed by atoms with Gasteiger partial charge in [0, 0.05) is 11.5 Å². The highest BCUT2D eigenvalue weighted by atomic mass is 16.5. The van der Waals surface area contributed by atoms with Crippen molar-refractivity contribution in [2.24, 2.45) is 0 Å². The van der Waals surface area contributed by atoms with E-state index in [0.29, 0.717) is 11.5 Å². The van der Waals surface area contributed by atoms with E-state index in [4.69, 9.17) is 14.2 Å². The second-order valence-corrected chi connectivity index (χ2v) is 6.69. The highest BCUT2D eigenvalue weighted by molar-refractivity contribution is 5.85. The Labute approximate surface area is 175 Å². The van der Waals surface area contributed by atoms with Gasteiger partial charge in [-0.05, 0) is 42.9 Å². The summed E-state index contributed by atoms with van der Waals surface area (Å²) < 4.78 is 16.8. The Balaban J connectivity index is 1.69. The molecule has 1 heterocycles. The Kier molecular flexibility index (Phi) is 5.77. The quantitative estimate of drug-likeness (QED) is 0.482. The molecule has 0 spiro atoms. The predicted molar refractivity (Wildman–Crippen MR) is 117 cm³/mol. The van der Waals surface area contributed by atoms with Gasteiger partial charge in [0.1, 0.15) is 17.8 Å². The lowest BCUT2D eigenvalue weighted by Crippen LogP contribution is -2.19. The lowest BCUT2D eigenvalue weighted by atomic mass is 9.99. The minimum absolute atomic E-state index is 0.126. The monoisotopic (exact) mass is 401 g/mol. The molecule has 6 heteroatoms. The zero-order chi connectivity index (χ0) is 20.9. The number of nitrogens with zero attached hydrogens (tertiary/aromatic N) is 2. The molecule has 0 aliphatic heterocycles. The lowest BCUT2D eigenvalue weighted by molar-refractivity contribution is 0.355. The van der Waals surface area contributed by atoms with Gasteiger partial charge in [0.05, 0.1) is 31.5 Å². The van der Waals surface area contributed by atoms with Gasteiger partial charge < -0.3 is 19.5 Å². The largest absolute Gasteiger partial charge is 0.493 e. The number of hydrogen-bond donors (Lipinski definition) is 1. The summed E-state index contributed by atoms with van der Waals surface area (Å²) in [6.45, 7) is 0. The molecular formula is C24H23N3O3. The summed E-state index contributed by atoms with van der Waals surface area (Å²) in [5, 5.41) is 4.26. The fourth-order valence-electron chi connectivity index (χ4n) is 3.45. The normalized spacial score (nSPS) is 11.8. The smallest absolute Gasteiger partial charge is 0.162 e. The van der Waals surface area contributed by atoms with Crippen molar-refractivity contribution in [1.82, 2.24) is 15.3 Å². The molecular weight excluding hydrogens is 378 g/mol. The Morgan fingerprint density at radius 3 is 2.13 bits per heavy atom. The number of nitrogens with one attached hydrogen (secondary N) is 1. The molecule has 0 aliphatic carbocycles. The summed E-state index contributed by atoms with van der Waals surface area (Å²) >= 11 is 0. The van der Waals surface area contributed by atoms with E-state index in [0.717, 1.165) is 33.7 Å². The van der Waals surface area contributed by atoms with Crippen LogP contribution in [0.15, 0.2) is 73.1 Å². The molecule has 1 N–H and O–H groups in total. The van der Waals surface area contributed by atoms with E-state index in [1.807, 2.05) is 73.8 Å². The first kappa shape index (κ1) is 19.7. The summed E-state index contributed by atoms with van der Waals surface area (Å²) in [7, 11) is 5.14. The van der Waals surface area contributed by atoms with Gasteiger partial charge in [-0.1, -0.05) is 30.3 Å². The van der Waals surface area contributed by atoms with Gasteiger partial charge in [0.25, 0.3) is 0 Å². The van der Waals surface area contributed by atoms with E-state index in [2.05, 4.69) is 15.3 Å². The van der Waals surface area contributed by atoms with E-state index in [-0.39, 0.29) is 6.04 Å². The Morgan fingerprint density at radius 1 is 0.800 bits per heavy atom. The van der Waals surface area contributed by atoms with Gasteiger partial charge in [-0.2, -0.15) is 0 Å². The van der Waals surface area contributed by atoms with Crippen molar-refractivity contribution >= 4 is 10.9 Å². The van der Waals surface area contributed by atoms with Crippen LogP contribution in [-0.4, -0.2) is 31.2 Å². The number of ether oxygens (including phenoxy) is 3. The Hall–Kier alpha value is -3.64. The molecule has 1 aromatic heterocycles. The third kappa shape index (κ3) is 3.90. The van der Waals surface area contributed by atoms with Crippen molar-refractivity contribution in [2.45, 2.75) is 6.04 Å². The SMILES string of the molecule is CN[C@@H](c1ccc(Oc2ccccc2)cc1)c1ncnc2cc(OC)c(OC)cc12. The molecule has 0 aliphatic rings. The number of fused-ring (bicyclic) bond motifs is 1. The van der Waals surface area contributed by atoms with Gasteiger partial charge in [-0.25, -0.2) is 9.97 Å². The molecule has 0 unspecified atom stereocenters. The summed E-state index contributed by atoms with van der Waals surface area (Å²) in [5.41, 5.74) is 2.72. The molecule has 1 atom stereocenters. The van der Waals surface area contributed by atoms with E-state index < -0.39 is 0 Å². The standard InChI is InChI=1S/C24H23N3O3/c1-25-23(16-9-11-18(12-10-16)30-17-7-5-4-6-8-17)24-19-13-21(28-2)22(29-3)14-20(19)26-15-27-24/h4-15,23,25H,1-3H3/t23-/m0/s1. The second kappa shape index (κ2) is 8.80. The zero-order valence-corrected chi connectivity index (χ0v) is 17.1. The Morgan fingerprint density at radius 2 is 1.47 bits per heavy atom. The van der Waals surface area contributed by atoms with E-state index in [1.54, 1.807) is 20.5 Å². The summed E-state index contributed by atoms with van der Waals surface area (Å²) in [4.78, 5) is 8.98. The van der Waals surface area contributed by atoms with Crippen LogP contribution in [0, 0.1) is 0 Å². The van der Waals surface area contributed by atoms with E-state index >= 15 is 0 Å². The number of rotatable bonds is 7. The first-order valence-electron chi connectivity index (χ1n) is 9.60. The van der Waals surface area contributed by atoms with Crippen LogP contribution in [-0.2, 0) is 0 Å². The number of methoxy groups -OCH3 is 2. The van der Waals surface area contributed by atoms with Crippen LogP contribution in [0.4, 0.5) is 0 Å². The number of aromatic nitrogens is 2. The van der Waals surface area contributed by atoms with Crippen LogP contribution in [0.2, 0.25) is 0 Å². The highest BCUT2D eigenvalue weighted by Crippen LogP contribution is 2.35. The predicted octanol–water partition coefficient (Wildman–Crippen LogP) is 4.75. The number of para-hydroxylation sites is 1. The minimum Gasteiger partial charge on any atom is -0.493 e. The van der Waals surface area contributed by atoms with Gasteiger partial charge in [-0.15, -0.1) is 0 Å². The van der Waals surface area contributed by atoms with Gasteiger partial charge >= 0.3 is 0 Å². The van der Waals surface area contributed by atoms with Crippen LogP contribution in [0.3, 0.4) is 0 Å². The molecule has 152 valence electrons. The third-order valence-corrected chi connectivity index (χ3v) is 4.93. The maximum atomic E-state index is 5.90. The molecule has 0 saturated heterocycles. The van der Waals surface area contributed by atoms with Crippen molar-refractivity contribution in [2.75, 3.05) is 21.3 Å². The molecule has 0 radical (unpaired) electrons. The first-order chi connectivity index (χ1) is 14.7. The van der Waals surface area contributed by atoms with Crippen molar-refractivity contribution in [1.29, 1.82) is 0 Å². The molecule has 3 aromatic carbocycles. The third-order valence-electron chi connectivity index (χ3n) is 4.93. The average Bonchev–Trinajstić information content (AvgIpc) is 2.80. The molecule has 6 nitrogen and oxygen atoms in total. The van der Waals surface area contributed by atoms with Crippen molar-refractivity contribution in [3.63, 3.8) is 0 Å². The van der Waals surface area contributed by atoms with Crippen molar-refractivity contribution < 1.29 is 14.2 Å². The topological polar surface area (TPSA) is 65.5 Å². The molecule has 4 rings (SSSR count). The minimum atomic E-state index is -0.126. The van der Waals surface area contributed by atoms with Crippen LogP contribution in [0.5, 0.6) is 23.0 Å². The molecule has 0 amide bonds. The summed E-state index contributed by atoms with van der Waals surface area (Å²) in [5.74, 6) is 2.86. The maximum Gasteiger partial charge on any atom is 0.162 e. The zero-order valence-electron chi connectivity index (χ0n) is 17.1. The first-order valence-corrected chi connectivity index (χ1v) is 9.60. The van der Waals surface area contributed by atoms with Crippen LogP contribution in [0.25, 0.3) is 10.9 Å². The Bertz CT molecular complexity index is 1130. The summed E-state index contributed by atoms with van der Waals surface area (Å²) in [6.07, 6.45) is 1.57. The van der Waals surface area contributed by atoms with Crippen molar-refractivity contribution in [3.05, 3.63) is 84.3 Å². The fourth-order valence-corrected chi connectivity index (χ4v) is 3.45. The van der Waals surface area contributed by atoms with Crippen molar-refractivity contribution in [3.8, 4) is 23.0 Å². The van der Waals surface area contributed by atoms with Gasteiger partial charge in [0.2, 0.25) is 0 Å². The molecule has 0 saturated carbocycles. The summed E-state index contributed by atoms with van der Waals surface area (Å²) in [6, 6.07) is 21.4. The fraction of sp³-hybridized carbons (Fsp3) is 0.167. The van der Waals surface area contributed by atoms with Crippen LogP contribution in [0.1, 0.15) is 17.3 Å². The maximum absolute atomic E-state index is 5.90. The van der Waals surface area contributed by atoms with Crippen LogP contribution >= 0.6 is 0 Å².